The molecule has 8 heteroatoms. The number of ether oxygens (including phenoxy) is 1. The van der Waals surface area contributed by atoms with Crippen molar-refractivity contribution >= 4 is 24.1 Å². The maximum atomic E-state index is 13.7. The van der Waals surface area contributed by atoms with Crippen molar-refractivity contribution in [2.75, 3.05) is 20.8 Å². The number of hydroxylamine groups is 2. The molecule has 7 nitrogen and oxygen atoms in total. The number of likely N-dealkylation sites (N-methyl/N-ethyl adjacent to an activating group) is 1. The average molecular weight is 531 g/mol. The molecule has 1 aliphatic heterocycles. The summed E-state index contributed by atoms with van der Waals surface area (Å²) in [6, 6.07) is 7.52. The number of allylic oxidation sites excluding steroid dienone is 6. The highest BCUT2D eigenvalue weighted by atomic mass is 19.1. The van der Waals surface area contributed by atoms with Crippen LogP contribution in [0.15, 0.2) is 78.8 Å². The summed E-state index contributed by atoms with van der Waals surface area (Å²) in [4.78, 5) is 24.3. The summed E-state index contributed by atoms with van der Waals surface area (Å²) in [5.74, 6) is 0.613. The molecule has 1 aliphatic carbocycles. The van der Waals surface area contributed by atoms with Crippen LogP contribution < -0.4 is 11.0 Å². The van der Waals surface area contributed by atoms with Crippen molar-refractivity contribution in [2.24, 2.45) is 0 Å². The minimum absolute atomic E-state index is 0.140. The van der Waals surface area contributed by atoms with Gasteiger partial charge in [0.15, 0.2) is 0 Å². The molecular weight excluding hydrogens is 495 g/mol. The van der Waals surface area contributed by atoms with E-state index in [9.17, 15) is 9.18 Å². The predicted octanol–water partition coefficient (Wildman–Crippen LogP) is 5.18. The normalized spacial score (nSPS) is 18.0. The number of amides is 1. The maximum absolute atomic E-state index is 13.7. The molecule has 4 rings (SSSR count). The first-order chi connectivity index (χ1) is 19.0. The number of aromatic amines is 1. The van der Waals surface area contributed by atoms with E-state index in [-0.39, 0.29) is 5.91 Å². The summed E-state index contributed by atoms with van der Waals surface area (Å²) >= 11 is 0. The van der Waals surface area contributed by atoms with Crippen LogP contribution in [0.2, 0.25) is 0 Å². The van der Waals surface area contributed by atoms with Crippen LogP contribution in [0.5, 0.6) is 0 Å². The van der Waals surface area contributed by atoms with Crippen LogP contribution in [-0.4, -0.2) is 42.7 Å². The number of carbonyl (C=O) groups is 1. The van der Waals surface area contributed by atoms with E-state index in [0.717, 1.165) is 45.1 Å². The van der Waals surface area contributed by atoms with Gasteiger partial charge in [-0.25, -0.2) is 9.33 Å². The second-order valence-electron chi connectivity index (χ2n) is 9.24. The Kier molecular flexibility index (Phi) is 9.85. The fourth-order valence-corrected chi connectivity index (χ4v) is 4.65. The highest BCUT2D eigenvalue weighted by Gasteiger charge is 2.25. The molecule has 2 aliphatic rings. The molecule has 0 fully saturated rings. The average Bonchev–Trinajstić information content (AvgIpc) is 3.10. The van der Waals surface area contributed by atoms with Crippen LogP contribution >= 0.6 is 0 Å². The van der Waals surface area contributed by atoms with Crippen LogP contribution in [0.4, 0.5) is 4.39 Å². The Morgan fingerprint density at radius 2 is 2.10 bits per heavy atom. The van der Waals surface area contributed by atoms with Crippen molar-refractivity contribution in [1.82, 2.24) is 20.8 Å². The second-order valence-corrected chi connectivity index (χ2v) is 9.24. The Morgan fingerprint density at radius 1 is 1.26 bits per heavy atom. The first kappa shape index (κ1) is 28.0. The lowest BCUT2D eigenvalue weighted by molar-refractivity contribution is -0.138. The quantitative estimate of drug-likeness (QED) is 0.480. The molecule has 0 radical (unpaired) electrons. The largest absolute Gasteiger partial charge is 0.497 e. The van der Waals surface area contributed by atoms with Gasteiger partial charge in [0, 0.05) is 35.3 Å². The first-order valence-electron chi connectivity index (χ1n) is 12.9. The number of H-pyrrole nitrogens is 1. The zero-order chi connectivity index (χ0) is 27.6. The van der Waals surface area contributed by atoms with Crippen LogP contribution in [0.1, 0.15) is 40.1 Å². The Hall–Kier alpha value is -3.98. The minimum atomic E-state index is -0.656. The molecule has 0 saturated heterocycles. The third kappa shape index (κ3) is 7.11. The number of rotatable bonds is 6. The van der Waals surface area contributed by atoms with E-state index in [1.807, 2.05) is 42.5 Å². The molecule has 204 valence electrons. The number of hydrogen-bond donors (Lipinski definition) is 3. The summed E-state index contributed by atoms with van der Waals surface area (Å²) in [6.45, 7) is 3.71. The summed E-state index contributed by atoms with van der Waals surface area (Å²) in [6.07, 6.45) is 18.5. The summed E-state index contributed by atoms with van der Waals surface area (Å²) in [5.41, 5.74) is 12.2. The number of carbonyl (C=O) groups excluding carboxylic acids is 1. The first-order valence-corrected chi connectivity index (χ1v) is 12.9. The van der Waals surface area contributed by atoms with Crippen molar-refractivity contribution in [3.63, 3.8) is 0 Å². The van der Waals surface area contributed by atoms with Crippen LogP contribution in [0.3, 0.4) is 0 Å². The van der Waals surface area contributed by atoms with E-state index in [0.29, 0.717) is 25.8 Å². The van der Waals surface area contributed by atoms with Gasteiger partial charge in [-0.3, -0.25) is 4.79 Å². The standard InChI is InChI=1S/C31H35FN4O3/c1-4-26-27-21-33-39-35-30(31(37)36(2)24-12-7-13-25(38-3)17-16-24)20-23-11-5-9-22(19-23)10-6-14-29(27)34-28(26)15-8-18-32/h4-6,8-9,11-17,19,30,33-35H,1,7,10,18,20-21H2,2-3H3/b14-6?,15-8-/t30-/m0/s1. The van der Waals surface area contributed by atoms with E-state index in [4.69, 9.17) is 9.68 Å². The number of fused-ring (bicyclic) bond motifs is 3. The third-order valence-electron chi connectivity index (χ3n) is 6.70. The van der Waals surface area contributed by atoms with Crippen molar-refractivity contribution < 1.29 is 18.9 Å². The molecule has 1 aromatic carbocycles. The Bertz CT molecular complexity index is 1340. The van der Waals surface area contributed by atoms with Crippen LogP contribution in [-0.2, 0) is 33.9 Å². The fraction of sp³-hybridized carbons (Fsp3) is 0.258. The molecule has 2 bridgehead atoms. The number of hydrogen-bond acceptors (Lipinski definition) is 5. The second kappa shape index (κ2) is 13.7. The molecule has 2 aromatic rings. The van der Waals surface area contributed by atoms with Crippen molar-refractivity contribution in [3.05, 3.63) is 112 Å². The minimum Gasteiger partial charge on any atom is -0.497 e. The van der Waals surface area contributed by atoms with Gasteiger partial charge in [-0.15, -0.1) is 0 Å². The van der Waals surface area contributed by atoms with Gasteiger partial charge in [0.1, 0.15) is 18.5 Å². The highest BCUT2D eigenvalue weighted by molar-refractivity contribution is 5.84. The monoisotopic (exact) mass is 530 g/mol. The predicted molar refractivity (Wildman–Crippen MR) is 153 cm³/mol. The number of nitrogens with zero attached hydrogens (tertiary/aromatic N) is 1. The molecule has 39 heavy (non-hydrogen) atoms. The van der Waals surface area contributed by atoms with Gasteiger partial charge in [-0.1, -0.05) is 55.1 Å². The fourth-order valence-electron chi connectivity index (χ4n) is 4.65. The van der Waals surface area contributed by atoms with E-state index in [1.165, 1.54) is 6.08 Å². The Labute approximate surface area is 229 Å². The molecular formula is C31H35FN4O3. The summed E-state index contributed by atoms with van der Waals surface area (Å²) < 4.78 is 18.1. The lowest BCUT2D eigenvalue weighted by atomic mass is 10.0. The molecule has 0 saturated carbocycles. The number of benzene rings is 1. The van der Waals surface area contributed by atoms with E-state index in [1.54, 1.807) is 31.2 Å². The SMILES string of the molecule is C=Cc1c(/C=C\CF)[nH]c2c1CNON[C@H](C(=O)N(C)C1=CCC=C(OC)C=C1)Cc1cccc(c1)CC=C2. The molecule has 0 spiro atoms. The lowest BCUT2D eigenvalue weighted by Crippen LogP contribution is -2.47. The van der Waals surface area contributed by atoms with Crippen molar-refractivity contribution in [2.45, 2.75) is 31.8 Å². The third-order valence-corrected chi connectivity index (χ3v) is 6.70. The van der Waals surface area contributed by atoms with Gasteiger partial charge in [-0.2, -0.15) is 11.0 Å². The van der Waals surface area contributed by atoms with Gasteiger partial charge < -0.3 is 14.6 Å². The summed E-state index contributed by atoms with van der Waals surface area (Å²) in [7, 11) is 3.38. The van der Waals surface area contributed by atoms with Crippen LogP contribution in [0, 0.1) is 0 Å². The van der Waals surface area contributed by atoms with Gasteiger partial charge in [0.05, 0.1) is 13.7 Å². The number of aromatic nitrogens is 1. The number of methoxy groups -OCH3 is 1. The lowest BCUT2D eigenvalue weighted by Gasteiger charge is -2.25. The van der Waals surface area contributed by atoms with E-state index >= 15 is 0 Å². The van der Waals surface area contributed by atoms with E-state index in [2.05, 4.69) is 40.7 Å². The molecule has 0 unspecified atom stereocenters. The smallest absolute Gasteiger partial charge is 0.246 e. The molecule has 1 atom stereocenters. The van der Waals surface area contributed by atoms with Gasteiger partial charge in [0.25, 0.3) is 0 Å². The van der Waals surface area contributed by atoms with Gasteiger partial charge in [0.2, 0.25) is 5.91 Å². The molecule has 1 aromatic heterocycles. The number of alkyl halides is 1. The zero-order valence-electron chi connectivity index (χ0n) is 22.4. The molecule has 2 heterocycles. The van der Waals surface area contributed by atoms with Crippen molar-refractivity contribution in [1.29, 1.82) is 0 Å². The van der Waals surface area contributed by atoms with E-state index < -0.39 is 12.7 Å². The van der Waals surface area contributed by atoms with Crippen LogP contribution in [0.25, 0.3) is 18.2 Å². The Morgan fingerprint density at radius 3 is 2.90 bits per heavy atom. The Balaban J connectivity index is 1.60. The molecule has 3 N–H and O–H groups in total. The molecule has 1 amide bonds. The maximum Gasteiger partial charge on any atom is 0.246 e. The van der Waals surface area contributed by atoms with Crippen molar-refractivity contribution in [3.8, 4) is 0 Å². The highest BCUT2D eigenvalue weighted by Crippen LogP contribution is 2.24. The zero-order valence-corrected chi connectivity index (χ0v) is 22.4. The summed E-state index contributed by atoms with van der Waals surface area (Å²) in [5, 5.41) is 0. The number of halogens is 1. The topological polar surface area (TPSA) is 78.6 Å². The number of nitrogens with one attached hydrogen (secondary N) is 3. The van der Waals surface area contributed by atoms with Gasteiger partial charge >= 0.3 is 0 Å². The van der Waals surface area contributed by atoms with Gasteiger partial charge in [-0.05, 0) is 60.8 Å².